The molecule has 0 saturated carbocycles. The monoisotopic (exact) mass is 514 g/mol. The van der Waals surface area contributed by atoms with Crippen LogP contribution in [0.1, 0.15) is 70.6 Å². The number of hydrogen-bond donors (Lipinski definition) is 0. The molecule has 1 saturated heterocycles. The van der Waals surface area contributed by atoms with E-state index in [1.807, 2.05) is 49.1 Å². The summed E-state index contributed by atoms with van der Waals surface area (Å²) in [6, 6.07) is 14.5. The van der Waals surface area contributed by atoms with Crippen LogP contribution in [-0.2, 0) is 20.8 Å². The number of carbonyl (C=O) groups excluding carboxylic acids is 2. The van der Waals surface area contributed by atoms with Crippen LogP contribution in [-0.4, -0.2) is 48.8 Å². The predicted molar refractivity (Wildman–Crippen MR) is 150 cm³/mol. The Morgan fingerprint density at radius 2 is 1.76 bits per heavy atom. The van der Waals surface area contributed by atoms with Gasteiger partial charge in [-0.15, -0.1) is 0 Å². The summed E-state index contributed by atoms with van der Waals surface area (Å²) in [5.41, 5.74) is 5.38. The molecule has 4 rings (SSSR count). The van der Waals surface area contributed by atoms with Crippen LogP contribution in [0.2, 0.25) is 0 Å². The van der Waals surface area contributed by atoms with E-state index in [2.05, 4.69) is 41.6 Å². The number of esters is 1. The van der Waals surface area contributed by atoms with Gasteiger partial charge in [-0.3, -0.25) is 4.79 Å². The molecule has 0 N–H and O–H groups in total. The van der Waals surface area contributed by atoms with Gasteiger partial charge in [0.2, 0.25) is 0 Å². The van der Waals surface area contributed by atoms with Crippen molar-refractivity contribution in [1.29, 1.82) is 0 Å². The molecule has 38 heavy (non-hydrogen) atoms. The molecule has 0 bridgehead atoms. The van der Waals surface area contributed by atoms with Crippen molar-refractivity contribution in [2.75, 3.05) is 26.3 Å². The van der Waals surface area contributed by atoms with Gasteiger partial charge in [-0.2, -0.15) is 0 Å². The van der Waals surface area contributed by atoms with Gasteiger partial charge in [0.1, 0.15) is 0 Å². The first-order valence-corrected chi connectivity index (χ1v) is 13.6. The van der Waals surface area contributed by atoms with Crippen LogP contribution in [0.4, 0.5) is 0 Å². The predicted octanol–water partition coefficient (Wildman–Crippen LogP) is 6.08. The van der Waals surface area contributed by atoms with Crippen LogP contribution < -0.4 is 0 Å². The van der Waals surface area contributed by atoms with Crippen LogP contribution in [0.3, 0.4) is 0 Å². The molecule has 0 aromatic heterocycles. The number of hydrogen-bond acceptors (Lipinski definition) is 5. The second-order valence-electron chi connectivity index (χ2n) is 10.1. The Morgan fingerprint density at radius 1 is 1.03 bits per heavy atom. The van der Waals surface area contributed by atoms with Gasteiger partial charge in [0.25, 0.3) is 5.91 Å². The number of oxime groups is 1. The number of rotatable bonds is 4. The minimum atomic E-state index is -0.318. The van der Waals surface area contributed by atoms with Crippen molar-refractivity contribution in [2.45, 2.75) is 58.3 Å². The highest BCUT2D eigenvalue weighted by atomic mass is 16.6. The van der Waals surface area contributed by atoms with Gasteiger partial charge in [0, 0.05) is 19.5 Å². The molecule has 2 aliphatic rings. The highest BCUT2D eigenvalue weighted by Crippen LogP contribution is 2.27. The lowest BCUT2D eigenvalue weighted by atomic mass is 9.89. The summed E-state index contributed by atoms with van der Waals surface area (Å²) >= 11 is 0. The maximum absolute atomic E-state index is 12.9. The molecule has 200 valence electrons. The first-order chi connectivity index (χ1) is 18.5. The number of nitrogens with zero attached hydrogens (tertiary/aromatic N) is 2. The number of cyclic esters (lactones) is 1. The molecule has 6 heteroatoms. The Kier molecular flexibility index (Phi) is 9.90. The van der Waals surface area contributed by atoms with Crippen molar-refractivity contribution < 1.29 is 19.2 Å². The molecular formula is C32H38N2O4. The SMILES string of the molecule is Cc1cc(C)c2c(c1)CC(=N\OCC(=O)N1CCC(c3ccccc3)CC1)/C=C/CC/C=C/CCOC2=O. The topological polar surface area (TPSA) is 68.2 Å². The first-order valence-electron chi connectivity index (χ1n) is 13.6. The third-order valence-corrected chi connectivity index (χ3v) is 7.12. The first kappa shape index (κ1) is 27.4. The van der Waals surface area contributed by atoms with E-state index in [-0.39, 0.29) is 18.5 Å². The molecule has 0 unspecified atom stereocenters. The highest BCUT2D eigenvalue weighted by molar-refractivity contribution is 6.00. The number of benzene rings is 2. The molecular weight excluding hydrogens is 476 g/mol. The van der Waals surface area contributed by atoms with Crippen LogP contribution in [0.25, 0.3) is 0 Å². The molecule has 6 nitrogen and oxygen atoms in total. The zero-order valence-electron chi connectivity index (χ0n) is 22.5. The third kappa shape index (κ3) is 7.67. The standard InChI is InChI=1S/C32H38N2O4/c1-24-20-25(2)31-28(21-24)22-29(14-10-5-3-4-6-11-19-37-32(31)36)33-38-23-30(35)34-17-15-27(16-18-34)26-12-8-7-9-13-26/h4,6-10,12-14,20-21,27H,3,5,11,15-19,22-23H2,1-2H3/b6-4+,14-10+,33-29-. The molecule has 0 spiro atoms. The Hall–Kier alpha value is -3.67. The maximum atomic E-state index is 12.9. The quantitative estimate of drug-likeness (QED) is 0.282. The van der Waals surface area contributed by atoms with Crippen LogP contribution in [0, 0.1) is 13.8 Å². The summed E-state index contributed by atoms with van der Waals surface area (Å²) in [5, 5.41) is 4.35. The van der Waals surface area contributed by atoms with Gasteiger partial charge in [-0.05, 0) is 74.6 Å². The van der Waals surface area contributed by atoms with E-state index < -0.39 is 0 Å². The van der Waals surface area contributed by atoms with Gasteiger partial charge in [0.15, 0.2) is 6.61 Å². The second kappa shape index (κ2) is 13.8. The van der Waals surface area contributed by atoms with Crippen molar-refractivity contribution in [3.63, 3.8) is 0 Å². The fourth-order valence-electron chi connectivity index (χ4n) is 5.19. The third-order valence-electron chi connectivity index (χ3n) is 7.12. The number of allylic oxidation sites excluding steroid dienone is 3. The molecule has 2 aromatic rings. The number of amides is 1. The van der Waals surface area contributed by atoms with E-state index in [0.717, 1.165) is 55.5 Å². The van der Waals surface area contributed by atoms with Crippen LogP contribution in [0.5, 0.6) is 0 Å². The van der Waals surface area contributed by atoms with Gasteiger partial charge in [0.05, 0.1) is 17.9 Å². The molecule has 2 aromatic carbocycles. The van der Waals surface area contributed by atoms with Gasteiger partial charge in [-0.1, -0.05) is 71.4 Å². The summed E-state index contributed by atoms with van der Waals surface area (Å²) in [4.78, 5) is 33.2. The lowest BCUT2D eigenvalue weighted by molar-refractivity contribution is -0.137. The number of piperidine rings is 1. The van der Waals surface area contributed by atoms with Crippen LogP contribution in [0.15, 0.2) is 71.9 Å². The molecule has 2 aliphatic heterocycles. The molecule has 2 heterocycles. The zero-order valence-corrected chi connectivity index (χ0v) is 22.5. The van der Waals surface area contributed by atoms with E-state index in [0.29, 0.717) is 36.6 Å². The summed E-state index contributed by atoms with van der Waals surface area (Å²) in [5.74, 6) is 0.123. The van der Waals surface area contributed by atoms with Crippen molar-refractivity contribution in [1.82, 2.24) is 4.90 Å². The Balaban J connectivity index is 1.43. The maximum Gasteiger partial charge on any atom is 0.338 e. The number of ether oxygens (including phenoxy) is 1. The van der Waals surface area contributed by atoms with E-state index in [1.165, 1.54) is 5.56 Å². The van der Waals surface area contributed by atoms with Crippen molar-refractivity contribution in [2.24, 2.45) is 5.16 Å². The number of aryl methyl sites for hydroxylation is 2. The highest BCUT2D eigenvalue weighted by Gasteiger charge is 2.24. The van der Waals surface area contributed by atoms with E-state index in [1.54, 1.807) is 0 Å². The Morgan fingerprint density at radius 3 is 2.55 bits per heavy atom. The summed E-state index contributed by atoms with van der Waals surface area (Å²) in [7, 11) is 0. The second-order valence-corrected chi connectivity index (χ2v) is 10.1. The minimum Gasteiger partial charge on any atom is -0.462 e. The average molecular weight is 515 g/mol. The van der Waals surface area contributed by atoms with E-state index >= 15 is 0 Å². The van der Waals surface area contributed by atoms with Crippen LogP contribution >= 0.6 is 0 Å². The Labute approximate surface area is 226 Å². The van der Waals surface area contributed by atoms with E-state index in [4.69, 9.17) is 9.57 Å². The number of fused-ring (bicyclic) bond motifs is 1. The molecule has 1 fully saturated rings. The zero-order chi connectivity index (χ0) is 26.7. The summed E-state index contributed by atoms with van der Waals surface area (Å²) in [6.07, 6.45) is 12.9. The largest absolute Gasteiger partial charge is 0.462 e. The smallest absolute Gasteiger partial charge is 0.338 e. The van der Waals surface area contributed by atoms with Crippen molar-refractivity contribution in [3.8, 4) is 0 Å². The van der Waals surface area contributed by atoms with Gasteiger partial charge >= 0.3 is 5.97 Å². The molecule has 0 radical (unpaired) electrons. The van der Waals surface area contributed by atoms with Gasteiger partial charge < -0.3 is 14.5 Å². The molecule has 0 atom stereocenters. The number of likely N-dealkylation sites (tertiary alicyclic amines) is 1. The molecule has 1 amide bonds. The molecule has 0 aliphatic carbocycles. The fraction of sp³-hybridized carbons (Fsp3) is 0.406. The van der Waals surface area contributed by atoms with Crippen molar-refractivity contribution >= 4 is 17.6 Å². The number of carbonyl (C=O) groups is 2. The average Bonchev–Trinajstić information content (AvgIpc) is 2.91. The lowest BCUT2D eigenvalue weighted by Gasteiger charge is -2.32. The normalized spacial score (nSPS) is 20.2. The Bertz CT molecular complexity index is 1190. The lowest BCUT2D eigenvalue weighted by Crippen LogP contribution is -2.39. The summed E-state index contributed by atoms with van der Waals surface area (Å²) in [6.45, 7) is 5.64. The fourth-order valence-corrected chi connectivity index (χ4v) is 5.19. The van der Waals surface area contributed by atoms with Crippen molar-refractivity contribution in [3.05, 3.63) is 94.6 Å². The van der Waals surface area contributed by atoms with E-state index in [9.17, 15) is 9.59 Å². The minimum absolute atomic E-state index is 0.0495. The summed E-state index contributed by atoms with van der Waals surface area (Å²) < 4.78 is 5.56. The van der Waals surface area contributed by atoms with Gasteiger partial charge in [-0.25, -0.2) is 4.79 Å².